The van der Waals surface area contributed by atoms with E-state index in [0.29, 0.717) is 6.54 Å². The van der Waals surface area contributed by atoms with Gasteiger partial charge in [0.2, 0.25) is 0 Å². The summed E-state index contributed by atoms with van der Waals surface area (Å²) in [5.41, 5.74) is 9.40. The second-order valence-electron chi connectivity index (χ2n) is 6.42. The van der Waals surface area contributed by atoms with Crippen LogP contribution < -0.4 is 16.0 Å². The first-order valence-corrected chi connectivity index (χ1v) is 8.29. The Morgan fingerprint density at radius 1 is 1.12 bits per heavy atom. The lowest BCUT2D eigenvalue weighted by Gasteiger charge is -2.37. The van der Waals surface area contributed by atoms with Gasteiger partial charge < -0.3 is 20.7 Å². The van der Waals surface area contributed by atoms with E-state index in [9.17, 15) is 4.39 Å². The molecule has 5 heteroatoms. The van der Waals surface area contributed by atoms with Gasteiger partial charge in [0, 0.05) is 25.3 Å². The first kappa shape index (κ1) is 16.6. The van der Waals surface area contributed by atoms with Crippen LogP contribution in [0.1, 0.15) is 19.4 Å². The SMILES string of the molecule is CC1CN(c2cc(F)ccc2NCc2ccc(N)cc2)CC(C)O1. The highest BCUT2D eigenvalue weighted by molar-refractivity contribution is 5.70. The summed E-state index contributed by atoms with van der Waals surface area (Å²) in [5, 5.41) is 3.41. The van der Waals surface area contributed by atoms with Crippen molar-refractivity contribution in [2.24, 2.45) is 0 Å². The molecule has 128 valence electrons. The molecule has 2 unspecified atom stereocenters. The fraction of sp³-hybridized carbons (Fsp3) is 0.368. The van der Waals surface area contributed by atoms with Crippen LogP contribution in [-0.2, 0) is 11.3 Å². The number of benzene rings is 2. The van der Waals surface area contributed by atoms with E-state index < -0.39 is 0 Å². The summed E-state index contributed by atoms with van der Waals surface area (Å²) in [6, 6.07) is 12.6. The molecule has 24 heavy (non-hydrogen) atoms. The summed E-state index contributed by atoms with van der Waals surface area (Å²) >= 11 is 0. The van der Waals surface area contributed by atoms with Crippen LogP contribution in [0.15, 0.2) is 42.5 Å². The molecular formula is C19H24FN3O. The molecule has 0 aliphatic carbocycles. The summed E-state index contributed by atoms with van der Waals surface area (Å²) in [6.45, 7) is 6.26. The largest absolute Gasteiger partial charge is 0.399 e. The highest BCUT2D eigenvalue weighted by Gasteiger charge is 2.24. The Hall–Kier alpha value is -2.27. The van der Waals surface area contributed by atoms with Crippen LogP contribution in [0.3, 0.4) is 0 Å². The lowest BCUT2D eigenvalue weighted by atomic mass is 10.1. The third-order valence-electron chi connectivity index (χ3n) is 4.18. The Morgan fingerprint density at radius 3 is 2.46 bits per heavy atom. The van der Waals surface area contributed by atoms with Crippen LogP contribution >= 0.6 is 0 Å². The van der Waals surface area contributed by atoms with Gasteiger partial charge in [0.15, 0.2) is 0 Å². The molecule has 1 heterocycles. The molecule has 2 atom stereocenters. The number of halogens is 1. The molecule has 2 aromatic carbocycles. The van der Waals surface area contributed by atoms with E-state index in [-0.39, 0.29) is 18.0 Å². The molecule has 0 amide bonds. The van der Waals surface area contributed by atoms with E-state index in [1.807, 2.05) is 38.1 Å². The summed E-state index contributed by atoms with van der Waals surface area (Å²) in [4.78, 5) is 2.19. The van der Waals surface area contributed by atoms with Crippen molar-refractivity contribution in [1.29, 1.82) is 0 Å². The fourth-order valence-electron chi connectivity index (χ4n) is 3.12. The van der Waals surface area contributed by atoms with Gasteiger partial charge >= 0.3 is 0 Å². The third-order valence-corrected chi connectivity index (χ3v) is 4.18. The summed E-state index contributed by atoms with van der Waals surface area (Å²) in [5.74, 6) is -0.227. The van der Waals surface area contributed by atoms with Crippen molar-refractivity contribution in [1.82, 2.24) is 0 Å². The average molecular weight is 329 g/mol. The molecule has 3 N–H and O–H groups in total. The van der Waals surface area contributed by atoms with Crippen molar-refractivity contribution in [2.75, 3.05) is 29.0 Å². The van der Waals surface area contributed by atoms with E-state index in [0.717, 1.165) is 35.7 Å². The number of hydrogen-bond donors (Lipinski definition) is 2. The Bertz CT molecular complexity index is 680. The number of ether oxygens (including phenoxy) is 1. The number of nitrogen functional groups attached to an aromatic ring is 1. The number of anilines is 3. The van der Waals surface area contributed by atoms with Crippen molar-refractivity contribution in [3.05, 3.63) is 53.8 Å². The van der Waals surface area contributed by atoms with Gasteiger partial charge in [-0.2, -0.15) is 0 Å². The number of nitrogens with one attached hydrogen (secondary N) is 1. The molecule has 0 saturated carbocycles. The molecule has 3 rings (SSSR count). The van der Waals surface area contributed by atoms with Crippen LogP contribution in [-0.4, -0.2) is 25.3 Å². The smallest absolute Gasteiger partial charge is 0.125 e. The van der Waals surface area contributed by atoms with Gasteiger partial charge in [-0.1, -0.05) is 12.1 Å². The molecule has 1 aliphatic heterocycles. The quantitative estimate of drug-likeness (QED) is 0.841. The highest BCUT2D eigenvalue weighted by Crippen LogP contribution is 2.30. The number of rotatable bonds is 4. The lowest BCUT2D eigenvalue weighted by Crippen LogP contribution is -2.45. The van der Waals surface area contributed by atoms with E-state index in [4.69, 9.17) is 10.5 Å². The predicted molar refractivity (Wildman–Crippen MR) is 96.8 cm³/mol. The first-order valence-electron chi connectivity index (χ1n) is 8.29. The zero-order valence-electron chi connectivity index (χ0n) is 14.1. The lowest BCUT2D eigenvalue weighted by molar-refractivity contribution is -0.00519. The van der Waals surface area contributed by atoms with Gasteiger partial charge in [0.25, 0.3) is 0 Å². The number of nitrogens with zero attached hydrogens (tertiary/aromatic N) is 1. The molecule has 0 aromatic heterocycles. The third kappa shape index (κ3) is 3.97. The Morgan fingerprint density at radius 2 is 1.79 bits per heavy atom. The maximum Gasteiger partial charge on any atom is 0.125 e. The zero-order chi connectivity index (χ0) is 17.1. The first-order chi connectivity index (χ1) is 11.5. The standard InChI is InChI=1S/C19H24FN3O/c1-13-11-23(12-14(2)24-13)19-9-16(20)5-8-18(19)22-10-15-3-6-17(21)7-4-15/h3-9,13-14,22H,10-12,21H2,1-2H3. The Balaban J connectivity index is 1.79. The second-order valence-corrected chi connectivity index (χ2v) is 6.42. The van der Waals surface area contributed by atoms with Gasteiger partial charge in [-0.05, 0) is 49.7 Å². The van der Waals surface area contributed by atoms with Gasteiger partial charge in [-0.3, -0.25) is 0 Å². The number of hydrogen-bond acceptors (Lipinski definition) is 4. The second kappa shape index (κ2) is 7.09. The summed E-state index contributed by atoms with van der Waals surface area (Å²) in [6.07, 6.45) is 0.254. The van der Waals surface area contributed by atoms with E-state index in [1.165, 1.54) is 6.07 Å². The van der Waals surface area contributed by atoms with E-state index >= 15 is 0 Å². The maximum absolute atomic E-state index is 13.8. The normalized spacial score (nSPS) is 20.9. The molecule has 0 spiro atoms. The van der Waals surface area contributed by atoms with Gasteiger partial charge in [-0.25, -0.2) is 4.39 Å². The average Bonchev–Trinajstić information content (AvgIpc) is 2.54. The monoisotopic (exact) mass is 329 g/mol. The van der Waals surface area contributed by atoms with Crippen LogP contribution in [0.5, 0.6) is 0 Å². The predicted octanol–water partition coefficient (Wildman–Crippen LogP) is 3.63. The molecule has 4 nitrogen and oxygen atoms in total. The van der Waals surface area contributed by atoms with Gasteiger partial charge in [-0.15, -0.1) is 0 Å². The molecule has 2 aromatic rings. The molecular weight excluding hydrogens is 305 g/mol. The van der Waals surface area contributed by atoms with E-state index in [2.05, 4.69) is 10.2 Å². The van der Waals surface area contributed by atoms with Crippen LogP contribution in [0.4, 0.5) is 21.5 Å². The van der Waals surface area contributed by atoms with E-state index in [1.54, 1.807) is 12.1 Å². The minimum atomic E-state index is -0.227. The summed E-state index contributed by atoms with van der Waals surface area (Å²) < 4.78 is 19.6. The Kier molecular flexibility index (Phi) is 4.90. The zero-order valence-corrected chi connectivity index (χ0v) is 14.1. The summed E-state index contributed by atoms with van der Waals surface area (Å²) in [7, 11) is 0. The minimum absolute atomic E-state index is 0.127. The molecule has 1 fully saturated rings. The van der Waals surface area contributed by atoms with Crippen molar-refractivity contribution in [2.45, 2.75) is 32.6 Å². The minimum Gasteiger partial charge on any atom is -0.399 e. The van der Waals surface area contributed by atoms with Crippen molar-refractivity contribution in [3.8, 4) is 0 Å². The van der Waals surface area contributed by atoms with Crippen molar-refractivity contribution in [3.63, 3.8) is 0 Å². The fourth-order valence-corrected chi connectivity index (χ4v) is 3.12. The molecule has 1 aliphatic rings. The van der Waals surface area contributed by atoms with Crippen LogP contribution in [0, 0.1) is 5.82 Å². The Labute approximate surface area is 142 Å². The van der Waals surface area contributed by atoms with Crippen LogP contribution in [0.25, 0.3) is 0 Å². The molecule has 1 saturated heterocycles. The topological polar surface area (TPSA) is 50.5 Å². The van der Waals surface area contributed by atoms with Gasteiger partial charge in [0.1, 0.15) is 5.82 Å². The van der Waals surface area contributed by atoms with Crippen LogP contribution in [0.2, 0.25) is 0 Å². The highest BCUT2D eigenvalue weighted by atomic mass is 19.1. The maximum atomic E-state index is 13.8. The van der Waals surface area contributed by atoms with Crippen molar-refractivity contribution < 1.29 is 9.13 Å². The van der Waals surface area contributed by atoms with Crippen molar-refractivity contribution >= 4 is 17.1 Å². The molecule has 0 bridgehead atoms. The number of morpholine rings is 1. The number of nitrogens with two attached hydrogens (primary N) is 1. The molecule has 0 radical (unpaired) electrons. The van der Waals surface area contributed by atoms with Gasteiger partial charge in [0.05, 0.1) is 23.6 Å².